The van der Waals surface area contributed by atoms with E-state index >= 15 is 0 Å². The molecule has 0 saturated carbocycles. The standard InChI is InChI=1S/C25H34N4O6/c1-17(11-13-29(22(32)34-24(2,3)4)23(33)35-25(5,6)7)14-18(21(30)31)19-15-28(16-27-19)20-10-8-9-12-26-20/h8-10,12,14-17H,11,13H2,1-7H3,(H,30,31)/t17-/m1/s1. The molecule has 0 spiro atoms. The van der Waals surface area contributed by atoms with Crippen LogP contribution in [0.4, 0.5) is 9.59 Å². The molecule has 2 heterocycles. The summed E-state index contributed by atoms with van der Waals surface area (Å²) in [6, 6.07) is 5.38. The van der Waals surface area contributed by atoms with Crippen LogP contribution in [0.15, 0.2) is 43.0 Å². The van der Waals surface area contributed by atoms with Crippen molar-refractivity contribution >= 4 is 23.7 Å². The van der Waals surface area contributed by atoms with Crippen LogP contribution < -0.4 is 0 Å². The van der Waals surface area contributed by atoms with Crippen LogP contribution in [0, 0.1) is 5.92 Å². The average molecular weight is 487 g/mol. The third-order valence-electron chi connectivity index (χ3n) is 4.49. The minimum Gasteiger partial charge on any atom is -0.478 e. The van der Waals surface area contributed by atoms with Gasteiger partial charge in [-0.1, -0.05) is 19.1 Å². The van der Waals surface area contributed by atoms with Crippen LogP contribution in [0.1, 0.15) is 60.6 Å². The molecule has 2 aromatic heterocycles. The van der Waals surface area contributed by atoms with Crippen molar-refractivity contribution in [1.82, 2.24) is 19.4 Å². The van der Waals surface area contributed by atoms with E-state index in [2.05, 4.69) is 9.97 Å². The second kappa shape index (κ2) is 11.2. The van der Waals surface area contributed by atoms with Gasteiger partial charge < -0.3 is 14.6 Å². The lowest BCUT2D eigenvalue weighted by atomic mass is 10.0. The molecule has 0 bridgehead atoms. The number of imide groups is 1. The molecule has 190 valence electrons. The van der Waals surface area contributed by atoms with Gasteiger partial charge in [-0.15, -0.1) is 0 Å². The maximum atomic E-state index is 12.7. The van der Waals surface area contributed by atoms with Crippen LogP contribution in [-0.4, -0.2) is 60.4 Å². The molecule has 10 nitrogen and oxygen atoms in total. The van der Waals surface area contributed by atoms with E-state index in [0.717, 1.165) is 4.90 Å². The summed E-state index contributed by atoms with van der Waals surface area (Å²) in [5.74, 6) is -0.845. The highest BCUT2D eigenvalue weighted by molar-refractivity contribution is 6.14. The van der Waals surface area contributed by atoms with E-state index in [1.807, 2.05) is 6.07 Å². The first-order valence-corrected chi connectivity index (χ1v) is 11.3. The van der Waals surface area contributed by atoms with Crippen LogP contribution in [0.5, 0.6) is 0 Å². The molecule has 0 aliphatic rings. The Hall–Kier alpha value is -3.69. The summed E-state index contributed by atoms with van der Waals surface area (Å²) in [6.07, 6.45) is 4.90. The van der Waals surface area contributed by atoms with Gasteiger partial charge in [0.25, 0.3) is 0 Å². The summed E-state index contributed by atoms with van der Waals surface area (Å²) < 4.78 is 12.3. The van der Waals surface area contributed by atoms with Crippen molar-refractivity contribution in [3.63, 3.8) is 0 Å². The molecule has 0 aliphatic heterocycles. The molecule has 0 aliphatic carbocycles. The normalized spacial score (nSPS) is 13.2. The maximum Gasteiger partial charge on any atom is 0.419 e. The number of hydrogen-bond acceptors (Lipinski definition) is 7. The van der Waals surface area contributed by atoms with Crippen molar-refractivity contribution in [2.75, 3.05) is 6.54 Å². The lowest BCUT2D eigenvalue weighted by molar-refractivity contribution is -0.130. The fourth-order valence-electron chi connectivity index (χ4n) is 2.95. The third-order valence-corrected chi connectivity index (χ3v) is 4.49. The van der Waals surface area contributed by atoms with Gasteiger partial charge in [0.1, 0.15) is 23.3 Å². The van der Waals surface area contributed by atoms with Crippen LogP contribution in [0.2, 0.25) is 0 Å². The molecule has 0 fully saturated rings. The van der Waals surface area contributed by atoms with Gasteiger partial charge in [0.15, 0.2) is 0 Å². The molecule has 10 heteroatoms. The number of aromatic nitrogens is 3. The molecule has 1 atom stereocenters. The SMILES string of the molecule is C[C@@H](C=C(C(=O)O)c1cn(-c2ccccn2)cn1)CCN(C(=O)OC(C)(C)C)C(=O)OC(C)(C)C. The van der Waals surface area contributed by atoms with Crippen molar-refractivity contribution < 1.29 is 29.0 Å². The van der Waals surface area contributed by atoms with Crippen molar-refractivity contribution in [1.29, 1.82) is 0 Å². The van der Waals surface area contributed by atoms with Crippen LogP contribution in [0.3, 0.4) is 0 Å². The molecular weight excluding hydrogens is 452 g/mol. The highest BCUT2D eigenvalue weighted by Crippen LogP contribution is 2.20. The Morgan fingerprint density at radius 3 is 2.14 bits per heavy atom. The summed E-state index contributed by atoms with van der Waals surface area (Å²) >= 11 is 0. The van der Waals surface area contributed by atoms with E-state index in [-0.39, 0.29) is 30.2 Å². The van der Waals surface area contributed by atoms with E-state index in [0.29, 0.717) is 5.82 Å². The highest BCUT2D eigenvalue weighted by atomic mass is 16.6. The molecule has 2 rings (SSSR count). The number of aliphatic carboxylic acids is 1. The molecule has 2 aromatic rings. The fourth-order valence-corrected chi connectivity index (χ4v) is 2.95. The maximum absolute atomic E-state index is 12.7. The molecular formula is C25H34N4O6. The molecule has 0 unspecified atom stereocenters. The number of allylic oxidation sites excluding steroid dienone is 1. The van der Waals surface area contributed by atoms with Gasteiger partial charge in [-0.25, -0.2) is 29.3 Å². The van der Waals surface area contributed by atoms with Crippen molar-refractivity contribution in [3.05, 3.63) is 48.7 Å². The van der Waals surface area contributed by atoms with E-state index in [9.17, 15) is 19.5 Å². The number of nitrogens with zero attached hydrogens (tertiary/aromatic N) is 4. The van der Waals surface area contributed by atoms with E-state index in [1.54, 1.807) is 83.6 Å². The largest absolute Gasteiger partial charge is 0.478 e. The summed E-state index contributed by atoms with van der Waals surface area (Å²) in [6.45, 7) is 12.0. The molecule has 0 radical (unpaired) electrons. The van der Waals surface area contributed by atoms with Crippen LogP contribution >= 0.6 is 0 Å². The van der Waals surface area contributed by atoms with Gasteiger partial charge in [0.2, 0.25) is 0 Å². The lowest BCUT2D eigenvalue weighted by Crippen LogP contribution is -2.44. The number of hydrogen-bond donors (Lipinski definition) is 1. The van der Waals surface area contributed by atoms with Gasteiger partial charge in [0, 0.05) is 18.9 Å². The van der Waals surface area contributed by atoms with Crippen LogP contribution in [0.25, 0.3) is 11.4 Å². The van der Waals surface area contributed by atoms with E-state index in [1.165, 1.54) is 6.33 Å². The number of rotatable bonds is 7. The van der Waals surface area contributed by atoms with Gasteiger partial charge in [-0.2, -0.15) is 0 Å². The number of carbonyl (C=O) groups is 3. The number of pyridine rings is 1. The predicted molar refractivity (Wildman–Crippen MR) is 130 cm³/mol. The topological polar surface area (TPSA) is 124 Å². The van der Waals surface area contributed by atoms with Crippen LogP contribution in [-0.2, 0) is 14.3 Å². The lowest BCUT2D eigenvalue weighted by Gasteiger charge is -2.29. The second-order valence-corrected chi connectivity index (χ2v) is 10.1. The summed E-state index contributed by atoms with van der Waals surface area (Å²) in [7, 11) is 0. The molecule has 1 N–H and O–H groups in total. The zero-order valence-electron chi connectivity index (χ0n) is 21.3. The Morgan fingerprint density at radius 2 is 1.66 bits per heavy atom. The summed E-state index contributed by atoms with van der Waals surface area (Å²) in [5, 5.41) is 9.77. The average Bonchev–Trinajstić information content (AvgIpc) is 3.19. The Kier molecular flexibility index (Phi) is 8.78. The highest BCUT2D eigenvalue weighted by Gasteiger charge is 2.31. The first kappa shape index (κ1) is 27.6. The summed E-state index contributed by atoms with van der Waals surface area (Å²) in [4.78, 5) is 46.6. The number of amides is 2. The monoisotopic (exact) mass is 486 g/mol. The van der Waals surface area contributed by atoms with Gasteiger partial charge in [-0.05, 0) is 66.0 Å². The predicted octanol–water partition coefficient (Wildman–Crippen LogP) is 4.93. The number of carbonyl (C=O) groups excluding carboxylic acids is 2. The van der Waals surface area contributed by atoms with E-state index in [4.69, 9.17) is 9.47 Å². The van der Waals surface area contributed by atoms with E-state index < -0.39 is 29.4 Å². The minimum atomic E-state index is -1.14. The Bertz CT molecular complexity index is 1040. The second-order valence-electron chi connectivity index (χ2n) is 10.1. The minimum absolute atomic E-state index is 0.00765. The zero-order valence-corrected chi connectivity index (χ0v) is 21.3. The fraction of sp³-hybridized carbons (Fsp3) is 0.480. The number of carboxylic acid groups (broad SMARTS) is 1. The van der Waals surface area contributed by atoms with Crippen molar-refractivity contribution in [3.8, 4) is 5.82 Å². The smallest absolute Gasteiger partial charge is 0.419 e. The molecule has 2 amide bonds. The summed E-state index contributed by atoms with van der Waals surface area (Å²) in [5.41, 5.74) is -1.32. The Morgan fingerprint density at radius 1 is 1.06 bits per heavy atom. The third kappa shape index (κ3) is 8.88. The quantitative estimate of drug-likeness (QED) is 0.546. The van der Waals surface area contributed by atoms with Gasteiger partial charge in [-0.3, -0.25) is 4.57 Å². The molecule has 0 aromatic carbocycles. The Balaban J connectivity index is 2.20. The first-order valence-electron chi connectivity index (χ1n) is 11.3. The number of ether oxygens (including phenoxy) is 2. The number of imidazole rings is 1. The van der Waals surface area contributed by atoms with Crippen molar-refractivity contribution in [2.24, 2.45) is 5.92 Å². The van der Waals surface area contributed by atoms with Gasteiger partial charge >= 0.3 is 18.2 Å². The van der Waals surface area contributed by atoms with Gasteiger partial charge in [0.05, 0.1) is 11.3 Å². The van der Waals surface area contributed by atoms with Crippen molar-refractivity contribution in [2.45, 2.75) is 66.1 Å². The number of carboxylic acids is 1. The molecule has 35 heavy (non-hydrogen) atoms. The molecule has 0 saturated heterocycles. The Labute approximate surface area is 205 Å². The zero-order chi connectivity index (χ0) is 26.4. The first-order chi connectivity index (χ1) is 16.2.